The van der Waals surface area contributed by atoms with Gasteiger partial charge in [0.25, 0.3) is 5.91 Å². The van der Waals surface area contributed by atoms with Gasteiger partial charge in [0.15, 0.2) is 22.5 Å². The summed E-state index contributed by atoms with van der Waals surface area (Å²) in [5.74, 6) is 2.83. The predicted molar refractivity (Wildman–Crippen MR) is 120 cm³/mol. The van der Waals surface area contributed by atoms with Crippen LogP contribution in [0.3, 0.4) is 0 Å². The molecule has 31 heavy (non-hydrogen) atoms. The second kappa shape index (κ2) is 9.62. The molecule has 4 rings (SSSR count). The molecule has 0 aliphatic carbocycles. The maximum atomic E-state index is 12.6. The average Bonchev–Trinajstić information content (AvgIpc) is 3.37. The van der Waals surface area contributed by atoms with Crippen molar-refractivity contribution in [2.24, 2.45) is 5.92 Å². The number of benzene rings is 2. The molecular weight excluding hydrogens is 436 g/mol. The lowest BCUT2D eigenvalue weighted by Crippen LogP contribution is -2.25. The Morgan fingerprint density at radius 1 is 1.19 bits per heavy atom. The zero-order valence-corrected chi connectivity index (χ0v) is 18.9. The molecule has 1 aliphatic heterocycles. The van der Waals surface area contributed by atoms with Gasteiger partial charge in [-0.15, -0.1) is 10.2 Å². The van der Waals surface area contributed by atoms with E-state index in [0.29, 0.717) is 34.6 Å². The van der Waals surface area contributed by atoms with Crippen molar-refractivity contribution in [2.45, 2.75) is 37.8 Å². The number of carbonyl (C=O) groups is 1. The smallest absolute Gasteiger partial charge is 0.251 e. The molecule has 9 heteroatoms. The Morgan fingerprint density at radius 2 is 2.00 bits per heavy atom. The molecule has 1 amide bonds. The van der Waals surface area contributed by atoms with Crippen LogP contribution in [0.2, 0.25) is 5.02 Å². The Morgan fingerprint density at radius 3 is 2.81 bits per heavy atom. The monoisotopic (exact) mass is 458 g/mol. The molecule has 2 heterocycles. The molecular formula is C22H23ClN4O3S. The maximum absolute atomic E-state index is 12.6. The van der Waals surface area contributed by atoms with Crippen LogP contribution in [-0.4, -0.2) is 27.5 Å². The van der Waals surface area contributed by atoms with Crippen LogP contribution >= 0.6 is 23.4 Å². The largest absolute Gasteiger partial charge is 0.454 e. The van der Waals surface area contributed by atoms with Crippen molar-refractivity contribution in [3.05, 3.63) is 64.4 Å². The molecule has 1 aliphatic rings. The Hall–Kier alpha value is -2.71. The molecule has 1 N–H and O–H groups in total. The SMILES string of the molecule is CC(C)Cn1c(CNC(=O)c2ccc3c(c2)OCO3)nnc1SCc1ccccc1Cl. The summed E-state index contributed by atoms with van der Waals surface area (Å²) in [5, 5.41) is 13.2. The highest BCUT2D eigenvalue weighted by atomic mass is 35.5. The van der Waals surface area contributed by atoms with Crippen molar-refractivity contribution >= 4 is 29.3 Å². The highest BCUT2D eigenvalue weighted by Gasteiger charge is 2.18. The fourth-order valence-electron chi connectivity index (χ4n) is 3.16. The summed E-state index contributed by atoms with van der Waals surface area (Å²) in [6.45, 7) is 5.48. The number of nitrogens with one attached hydrogen (secondary N) is 1. The van der Waals surface area contributed by atoms with E-state index in [0.717, 1.165) is 22.3 Å². The van der Waals surface area contributed by atoms with E-state index in [4.69, 9.17) is 21.1 Å². The van der Waals surface area contributed by atoms with E-state index in [1.165, 1.54) is 0 Å². The first-order valence-corrected chi connectivity index (χ1v) is 11.3. The first-order valence-electron chi connectivity index (χ1n) is 9.97. The number of amides is 1. The van der Waals surface area contributed by atoms with Crippen molar-refractivity contribution in [3.8, 4) is 11.5 Å². The third-order valence-electron chi connectivity index (χ3n) is 4.70. The highest BCUT2D eigenvalue weighted by molar-refractivity contribution is 7.98. The van der Waals surface area contributed by atoms with E-state index in [-0.39, 0.29) is 19.2 Å². The number of rotatable bonds is 8. The quantitative estimate of drug-likeness (QED) is 0.499. The molecule has 0 spiro atoms. The van der Waals surface area contributed by atoms with Gasteiger partial charge in [-0.1, -0.05) is 55.4 Å². The predicted octanol–water partition coefficient (Wildman–Crippen LogP) is 4.54. The standard InChI is InChI=1S/C22H23ClN4O3S/c1-14(2)11-27-20(25-26-22(27)31-12-16-5-3-4-6-17(16)23)10-24-21(28)15-7-8-18-19(9-15)30-13-29-18/h3-9,14H,10-13H2,1-2H3,(H,24,28). The molecule has 0 atom stereocenters. The van der Waals surface area contributed by atoms with E-state index in [9.17, 15) is 4.79 Å². The van der Waals surface area contributed by atoms with Gasteiger partial charge in [-0.2, -0.15) is 0 Å². The summed E-state index contributed by atoms with van der Waals surface area (Å²) in [7, 11) is 0. The minimum absolute atomic E-state index is 0.174. The average molecular weight is 459 g/mol. The minimum atomic E-state index is -0.206. The molecule has 1 aromatic heterocycles. The van der Waals surface area contributed by atoms with E-state index in [2.05, 4.69) is 33.9 Å². The summed E-state index contributed by atoms with van der Waals surface area (Å²) >= 11 is 7.86. The number of fused-ring (bicyclic) bond motifs is 1. The van der Waals surface area contributed by atoms with Crippen LogP contribution in [0, 0.1) is 5.92 Å². The lowest BCUT2D eigenvalue weighted by Gasteiger charge is -2.13. The zero-order valence-electron chi connectivity index (χ0n) is 17.3. The zero-order chi connectivity index (χ0) is 21.8. The van der Waals surface area contributed by atoms with Crippen LogP contribution in [0.25, 0.3) is 0 Å². The third kappa shape index (κ3) is 5.14. The lowest BCUT2D eigenvalue weighted by molar-refractivity contribution is 0.0949. The number of halogens is 1. The number of ether oxygens (including phenoxy) is 2. The van der Waals surface area contributed by atoms with Crippen LogP contribution < -0.4 is 14.8 Å². The molecule has 0 bridgehead atoms. The topological polar surface area (TPSA) is 78.3 Å². The van der Waals surface area contributed by atoms with E-state index in [1.54, 1.807) is 30.0 Å². The summed E-state index contributed by atoms with van der Waals surface area (Å²) in [6.07, 6.45) is 0. The maximum Gasteiger partial charge on any atom is 0.251 e. The van der Waals surface area contributed by atoms with E-state index in [1.807, 2.05) is 24.3 Å². The van der Waals surface area contributed by atoms with Gasteiger partial charge < -0.3 is 19.4 Å². The second-order valence-electron chi connectivity index (χ2n) is 7.53. The van der Waals surface area contributed by atoms with Crippen LogP contribution in [0.4, 0.5) is 0 Å². The molecule has 0 radical (unpaired) electrons. The van der Waals surface area contributed by atoms with Gasteiger partial charge in [0.05, 0.1) is 6.54 Å². The third-order valence-corrected chi connectivity index (χ3v) is 6.08. The van der Waals surface area contributed by atoms with Crippen molar-refractivity contribution in [1.29, 1.82) is 0 Å². The summed E-state index contributed by atoms with van der Waals surface area (Å²) in [4.78, 5) is 12.6. The molecule has 0 saturated carbocycles. The molecule has 162 valence electrons. The van der Waals surface area contributed by atoms with Crippen molar-refractivity contribution in [2.75, 3.05) is 6.79 Å². The van der Waals surface area contributed by atoms with Gasteiger partial charge in [-0.25, -0.2) is 0 Å². The molecule has 3 aromatic rings. The van der Waals surface area contributed by atoms with Gasteiger partial charge in [0.1, 0.15) is 0 Å². The number of nitrogens with zero attached hydrogens (tertiary/aromatic N) is 3. The fraction of sp³-hybridized carbons (Fsp3) is 0.318. The van der Waals surface area contributed by atoms with Gasteiger partial charge in [0, 0.05) is 22.9 Å². The van der Waals surface area contributed by atoms with E-state index >= 15 is 0 Å². The molecule has 7 nitrogen and oxygen atoms in total. The molecule has 2 aromatic carbocycles. The number of hydrogen-bond acceptors (Lipinski definition) is 6. The van der Waals surface area contributed by atoms with Gasteiger partial charge in [0.2, 0.25) is 6.79 Å². The number of carbonyl (C=O) groups excluding carboxylic acids is 1. The molecule has 0 unspecified atom stereocenters. The van der Waals surface area contributed by atoms with Crippen molar-refractivity contribution < 1.29 is 14.3 Å². The summed E-state index contributed by atoms with van der Waals surface area (Å²) in [5.41, 5.74) is 1.55. The molecule has 0 saturated heterocycles. The van der Waals surface area contributed by atoms with Crippen LogP contribution in [0.1, 0.15) is 35.6 Å². The fourth-order valence-corrected chi connectivity index (χ4v) is 4.41. The number of aromatic nitrogens is 3. The Labute approximate surface area is 190 Å². The Bertz CT molecular complexity index is 1090. The summed E-state index contributed by atoms with van der Waals surface area (Å²) < 4.78 is 12.7. The second-order valence-corrected chi connectivity index (χ2v) is 8.88. The van der Waals surface area contributed by atoms with Gasteiger partial charge in [-0.05, 0) is 35.7 Å². The summed E-state index contributed by atoms with van der Waals surface area (Å²) in [6, 6.07) is 12.9. The first-order chi connectivity index (χ1) is 15.0. The Kier molecular flexibility index (Phi) is 6.67. The first kappa shape index (κ1) is 21.5. The number of hydrogen-bond donors (Lipinski definition) is 1. The molecule has 0 fully saturated rings. The highest BCUT2D eigenvalue weighted by Crippen LogP contribution is 2.32. The van der Waals surface area contributed by atoms with E-state index < -0.39 is 0 Å². The van der Waals surface area contributed by atoms with Crippen molar-refractivity contribution in [1.82, 2.24) is 20.1 Å². The van der Waals surface area contributed by atoms with Crippen LogP contribution in [0.5, 0.6) is 11.5 Å². The lowest BCUT2D eigenvalue weighted by atomic mass is 10.2. The minimum Gasteiger partial charge on any atom is -0.454 e. The van der Waals surface area contributed by atoms with Crippen LogP contribution in [0.15, 0.2) is 47.6 Å². The van der Waals surface area contributed by atoms with Crippen LogP contribution in [-0.2, 0) is 18.8 Å². The van der Waals surface area contributed by atoms with Crippen molar-refractivity contribution in [3.63, 3.8) is 0 Å². The number of thioether (sulfide) groups is 1. The van der Waals surface area contributed by atoms with Gasteiger partial charge >= 0.3 is 0 Å². The normalized spacial score (nSPS) is 12.4. The van der Waals surface area contributed by atoms with Gasteiger partial charge in [-0.3, -0.25) is 4.79 Å². The Balaban J connectivity index is 1.45.